The molecule has 1 amide bonds. The zero-order valence-electron chi connectivity index (χ0n) is 12.5. The average Bonchev–Trinajstić information content (AvgIpc) is 2.45. The first-order valence-corrected chi connectivity index (χ1v) is 8.41. The van der Waals surface area contributed by atoms with Crippen molar-refractivity contribution in [2.75, 3.05) is 18.6 Å². The van der Waals surface area contributed by atoms with Gasteiger partial charge in [-0.25, -0.2) is 17.6 Å². The van der Waals surface area contributed by atoms with Crippen molar-refractivity contribution in [1.82, 2.24) is 4.90 Å². The summed E-state index contributed by atoms with van der Waals surface area (Å²) in [7, 11) is -1.90. The zero-order chi connectivity index (χ0) is 17.1. The minimum atomic E-state index is -3.27. The van der Waals surface area contributed by atoms with E-state index in [1.54, 1.807) is 6.92 Å². The number of carbonyl (C=O) groups is 2. The third kappa shape index (κ3) is 4.27. The molecule has 0 saturated carbocycles. The summed E-state index contributed by atoms with van der Waals surface area (Å²) in [6.07, 6.45) is 0. The molecule has 22 heavy (non-hydrogen) atoms. The number of carbonyl (C=O) groups excluding carboxylic acids is 1. The quantitative estimate of drug-likeness (QED) is 0.851. The van der Waals surface area contributed by atoms with Crippen LogP contribution in [0.5, 0.6) is 0 Å². The van der Waals surface area contributed by atoms with Gasteiger partial charge in [-0.3, -0.25) is 4.79 Å². The first-order valence-electron chi connectivity index (χ1n) is 6.59. The maximum atomic E-state index is 13.9. The summed E-state index contributed by atoms with van der Waals surface area (Å²) in [5, 5.41) is 8.76. The molecule has 1 aromatic carbocycles. The van der Waals surface area contributed by atoms with E-state index >= 15 is 0 Å². The molecule has 0 fully saturated rings. The number of hydrogen-bond donors (Lipinski definition) is 1. The lowest BCUT2D eigenvalue weighted by Crippen LogP contribution is -2.40. The van der Waals surface area contributed by atoms with Crippen molar-refractivity contribution in [2.24, 2.45) is 0 Å². The van der Waals surface area contributed by atoms with E-state index in [2.05, 4.69) is 0 Å². The lowest BCUT2D eigenvalue weighted by molar-refractivity contribution is 0.0692. The molecule has 1 N–H and O–H groups in total. The first-order chi connectivity index (χ1) is 10.1. The summed E-state index contributed by atoms with van der Waals surface area (Å²) < 4.78 is 37.0. The monoisotopic (exact) mass is 331 g/mol. The molecule has 8 heteroatoms. The number of halogens is 1. The van der Waals surface area contributed by atoms with Gasteiger partial charge in [-0.2, -0.15) is 0 Å². The molecule has 122 valence electrons. The second kappa shape index (κ2) is 6.87. The van der Waals surface area contributed by atoms with Crippen LogP contribution in [-0.4, -0.2) is 54.9 Å². The second-order valence-corrected chi connectivity index (χ2v) is 7.36. The van der Waals surface area contributed by atoms with Crippen molar-refractivity contribution in [3.8, 4) is 0 Å². The maximum Gasteiger partial charge on any atom is 0.335 e. The third-order valence-electron chi connectivity index (χ3n) is 3.36. The Hall–Kier alpha value is -1.96. The molecule has 1 rings (SSSR count). The topological polar surface area (TPSA) is 91.8 Å². The van der Waals surface area contributed by atoms with Crippen LogP contribution in [0, 0.1) is 5.82 Å². The molecule has 1 unspecified atom stereocenters. The number of sulfone groups is 1. The summed E-state index contributed by atoms with van der Waals surface area (Å²) in [5.74, 6) is -3.22. The second-order valence-electron chi connectivity index (χ2n) is 4.96. The fraction of sp³-hybridized carbons (Fsp3) is 0.429. The molecule has 0 saturated heterocycles. The number of nitrogens with zero attached hydrogens (tertiary/aromatic N) is 1. The lowest BCUT2D eigenvalue weighted by atomic mass is 10.1. The van der Waals surface area contributed by atoms with Crippen LogP contribution in [0.3, 0.4) is 0 Å². The number of aromatic carboxylic acids is 1. The molecule has 0 radical (unpaired) electrons. The van der Waals surface area contributed by atoms with Gasteiger partial charge in [0, 0.05) is 18.8 Å². The number of rotatable bonds is 6. The van der Waals surface area contributed by atoms with E-state index in [0.29, 0.717) is 0 Å². The molecule has 0 spiro atoms. The summed E-state index contributed by atoms with van der Waals surface area (Å²) in [6, 6.07) is 2.34. The number of hydrogen-bond acceptors (Lipinski definition) is 4. The van der Waals surface area contributed by atoms with E-state index in [1.165, 1.54) is 14.0 Å². The normalized spacial score (nSPS) is 12.7. The smallest absolute Gasteiger partial charge is 0.335 e. The highest BCUT2D eigenvalue weighted by molar-refractivity contribution is 7.91. The molecule has 0 heterocycles. The van der Waals surface area contributed by atoms with Crippen LogP contribution in [0.2, 0.25) is 0 Å². The van der Waals surface area contributed by atoms with Crippen LogP contribution >= 0.6 is 0 Å². The first kappa shape index (κ1) is 18.1. The van der Waals surface area contributed by atoms with Crippen molar-refractivity contribution < 1.29 is 27.5 Å². The Bertz CT molecular complexity index is 686. The standard InChI is InChI=1S/C14H18FNO5S/c1-4-22(20,21)8-9(2)16(3)13(17)11-6-5-10(14(18)19)7-12(11)15/h5-7,9H,4,8H2,1-3H3,(H,18,19). The predicted molar refractivity (Wildman–Crippen MR) is 79.2 cm³/mol. The molecular weight excluding hydrogens is 313 g/mol. The molecule has 0 bridgehead atoms. The minimum absolute atomic E-state index is 0.0406. The van der Waals surface area contributed by atoms with E-state index in [4.69, 9.17) is 5.11 Å². The van der Waals surface area contributed by atoms with Crippen LogP contribution in [-0.2, 0) is 9.84 Å². The summed E-state index contributed by atoms with van der Waals surface area (Å²) >= 11 is 0. The number of benzene rings is 1. The van der Waals surface area contributed by atoms with Gasteiger partial charge in [-0.05, 0) is 25.1 Å². The van der Waals surface area contributed by atoms with Crippen LogP contribution in [0.25, 0.3) is 0 Å². The Morgan fingerprint density at radius 1 is 1.36 bits per heavy atom. The molecule has 1 atom stereocenters. The van der Waals surface area contributed by atoms with Crippen molar-refractivity contribution in [1.29, 1.82) is 0 Å². The van der Waals surface area contributed by atoms with Gasteiger partial charge in [0.1, 0.15) is 5.82 Å². The Labute approximate surface area is 128 Å². The van der Waals surface area contributed by atoms with Crippen LogP contribution < -0.4 is 0 Å². The summed E-state index contributed by atoms with van der Waals surface area (Å²) in [6.45, 7) is 3.06. The number of amides is 1. The van der Waals surface area contributed by atoms with Gasteiger partial charge in [-0.1, -0.05) is 6.92 Å². The largest absolute Gasteiger partial charge is 0.478 e. The van der Waals surface area contributed by atoms with Gasteiger partial charge in [-0.15, -0.1) is 0 Å². The molecule has 6 nitrogen and oxygen atoms in total. The van der Waals surface area contributed by atoms with E-state index in [0.717, 1.165) is 23.1 Å². The van der Waals surface area contributed by atoms with Crippen molar-refractivity contribution in [2.45, 2.75) is 19.9 Å². The Balaban J connectivity index is 2.98. The van der Waals surface area contributed by atoms with Gasteiger partial charge >= 0.3 is 5.97 Å². The van der Waals surface area contributed by atoms with E-state index in [-0.39, 0.29) is 22.6 Å². The van der Waals surface area contributed by atoms with Crippen molar-refractivity contribution >= 4 is 21.7 Å². The average molecular weight is 331 g/mol. The van der Waals surface area contributed by atoms with E-state index in [9.17, 15) is 22.4 Å². The van der Waals surface area contributed by atoms with Gasteiger partial charge < -0.3 is 10.0 Å². The predicted octanol–water partition coefficient (Wildman–Crippen LogP) is 1.42. The Morgan fingerprint density at radius 2 is 1.95 bits per heavy atom. The molecule has 0 aromatic heterocycles. The van der Waals surface area contributed by atoms with Gasteiger partial charge in [0.05, 0.1) is 16.9 Å². The Kier molecular flexibility index (Phi) is 5.65. The Morgan fingerprint density at radius 3 is 2.41 bits per heavy atom. The van der Waals surface area contributed by atoms with Crippen molar-refractivity contribution in [3.63, 3.8) is 0 Å². The lowest BCUT2D eigenvalue weighted by Gasteiger charge is -2.25. The molecule has 0 aliphatic heterocycles. The molecule has 1 aromatic rings. The SMILES string of the molecule is CCS(=O)(=O)CC(C)N(C)C(=O)c1ccc(C(=O)O)cc1F. The molecule has 0 aliphatic carbocycles. The van der Waals surface area contributed by atoms with Gasteiger partial charge in [0.2, 0.25) is 0 Å². The number of carboxylic acid groups (broad SMARTS) is 1. The van der Waals surface area contributed by atoms with E-state index < -0.39 is 33.6 Å². The van der Waals surface area contributed by atoms with Crippen molar-refractivity contribution in [3.05, 3.63) is 35.1 Å². The molecular formula is C14H18FNO5S. The van der Waals surface area contributed by atoms with Crippen LogP contribution in [0.1, 0.15) is 34.6 Å². The van der Waals surface area contributed by atoms with Crippen LogP contribution in [0.15, 0.2) is 18.2 Å². The highest BCUT2D eigenvalue weighted by Crippen LogP contribution is 2.14. The van der Waals surface area contributed by atoms with Crippen LogP contribution in [0.4, 0.5) is 4.39 Å². The summed E-state index contributed by atoms with van der Waals surface area (Å²) in [4.78, 5) is 24.1. The van der Waals surface area contributed by atoms with Gasteiger partial charge in [0.25, 0.3) is 5.91 Å². The highest BCUT2D eigenvalue weighted by atomic mass is 32.2. The maximum absolute atomic E-state index is 13.9. The minimum Gasteiger partial charge on any atom is -0.478 e. The van der Waals surface area contributed by atoms with Gasteiger partial charge in [0.15, 0.2) is 9.84 Å². The third-order valence-corrected chi connectivity index (χ3v) is 5.23. The van der Waals surface area contributed by atoms with E-state index in [1.807, 2.05) is 0 Å². The number of carboxylic acids is 1. The zero-order valence-corrected chi connectivity index (χ0v) is 13.4. The highest BCUT2D eigenvalue weighted by Gasteiger charge is 2.24. The summed E-state index contributed by atoms with van der Waals surface area (Å²) in [5.41, 5.74) is -0.563. The molecule has 0 aliphatic rings. The fourth-order valence-corrected chi connectivity index (χ4v) is 3.00. The fourth-order valence-electron chi connectivity index (χ4n) is 1.81.